The van der Waals surface area contributed by atoms with Crippen molar-refractivity contribution in [2.75, 3.05) is 13.2 Å². The van der Waals surface area contributed by atoms with E-state index in [1.807, 2.05) is 0 Å². The summed E-state index contributed by atoms with van der Waals surface area (Å²) in [6, 6.07) is 0. The van der Waals surface area contributed by atoms with Gasteiger partial charge in [-0.25, -0.2) is 0 Å². The zero-order valence-electron chi connectivity index (χ0n) is 10.3. The van der Waals surface area contributed by atoms with Crippen LogP contribution in [-0.4, -0.2) is 63.8 Å². The first kappa shape index (κ1) is 22.2. The third-order valence-corrected chi connectivity index (χ3v) is 2.51. The minimum absolute atomic E-state index is 0. The molecule has 0 aromatic heterocycles. The van der Waals surface area contributed by atoms with Gasteiger partial charge < -0.3 is 25.0 Å². The predicted octanol–water partition coefficient (Wildman–Crippen LogP) is -1.54. The number of amides is 1. The summed E-state index contributed by atoms with van der Waals surface area (Å²) in [5.74, 6) is -0.299. The molecule has 0 aliphatic carbocycles. The number of hydrogen-bond acceptors (Lipinski definition) is 5. The predicted molar refractivity (Wildman–Crippen MR) is 55.3 cm³/mol. The Labute approximate surface area is 178 Å². The monoisotopic (exact) mass is 685 g/mol. The first-order chi connectivity index (χ1) is 7.49. The second kappa shape index (κ2) is 10.6. The third kappa shape index (κ3) is 5.74. The van der Waals surface area contributed by atoms with Crippen molar-refractivity contribution in [2.24, 2.45) is 0 Å². The van der Waals surface area contributed by atoms with Gasteiger partial charge in [-0.2, -0.15) is 0 Å². The Balaban J connectivity index is 0. The molecule has 3 N–H and O–H groups in total. The zero-order valence-corrected chi connectivity index (χ0v) is 19.8. The van der Waals surface area contributed by atoms with Gasteiger partial charge in [-0.1, -0.05) is 6.08 Å². The summed E-state index contributed by atoms with van der Waals surface area (Å²) in [5, 5.41) is 28.4. The molecule has 0 aromatic rings. The van der Waals surface area contributed by atoms with Crippen molar-refractivity contribution in [1.29, 1.82) is 0 Å². The van der Waals surface area contributed by atoms with Crippen LogP contribution in [0.4, 0.5) is 0 Å². The van der Waals surface area contributed by atoms with Crippen LogP contribution in [-0.2, 0) is 9.53 Å². The summed E-state index contributed by atoms with van der Waals surface area (Å²) in [6.45, 7) is 4.91. The van der Waals surface area contributed by atoms with E-state index in [0.717, 1.165) is 0 Å². The second-order valence-corrected chi connectivity index (χ2v) is 3.73. The van der Waals surface area contributed by atoms with Gasteiger partial charge in [-0.15, -0.1) is 6.58 Å². The van der Waals surface area contributed by atoms with Gasteiger partial charge in [-0.05, 0) is 0 Å². The van der Waals surface area contributed by atoms with Crippen LogP contribution in [0.2, 0.25) is 0 Å². The van der Waals surface area contributed by atoms with Crippen LogP contribution in [0, 0.1) is 88.1 Å². The molecule has 1 saturated heterocycles. The number of nitrogens with zero attached hydrogens (tertiary/aromatic N) is 1. The van der Waals surface area contributed by atoms with E-state index in [-0.39, 0.29) is 107 Å². The van der Waals surface area contributed by atoms with Crippen molar-refractivity contribution in [2.45, 2.75) is 31.5 Å². The molecule has 98 valence electrons. The smallest absolute Gasteiger partial charge is 0.221 e. The van der Waals surface area contributed by atoms with Crippen LogP contribution in [0.3, 0.4) is 0 Å². The van der Waals surface area contributed by atoms with Crippen LogP contribution in [0.5, 0.6) is 0 Å². The van der Waals surface area contributed by atoms with Crippen molar-refractivity contribution in [3.05, 3.63) is 12.7 Å². The Morgan fingerprint density at radius 1 is 1.39 bits per heavy atom. The SMILES string of the molecule is C=CCN(C(C)=O)C1OCC(O)C(O)C1O.[Ac].[Ac]. The average Bonchev–Trinajstić information content (AvgIpc) is 2.24. The molecule has 18 heavy (non-hydrogen) atoms. The standard InChI is InChI=1S/C10H17NO5.2Ac/c1-3-4-11(6(2)12)10-9(15)8(14)7(13)5-16-10;;/h3,7-10,13-15H,1,4-5H2,2H3;;. The number of carbonyl (C=O) groups is 1. The first-order valence-electron chi connectivity index (χ1n) is 5.03. The van der Waals surface area contributed by atoms with Crippen LogP contribution in [0.15, 0.2) is 12.7 Å². The van der Waals surface area contributed by atoms with Crippen molar-refractivity contribution in [3.8, 4) is 0 Å². The summed E-state index contributed by atoms with van der Waals surface area (Å²) in [5.41, 5.74) is 0. The summed E-state index contributed by atoms with van der Waals surface area (Å²) in [7, 11) is 0. The number of carbonyl (C=O) groups excluding carboxylic acids is 1. The third-order valence-electron chi connectivity index (χ3n) is 2.51. The number of ether oxygens (including phenoxy) is 1. The van der Waals surface area contributed by atoms with E-state index < -0.39 is 24.5 Å². The maximum atomic E-state index is 11.3. The largest absolute Gasteiger partial charge is 0.388 e. The molecule has 2 radical (unpaired) electrons. The first-order valence-corrected chi connectivity index (χ1v) is 5.03. The Hall–Kier alpha value is 1.93. The number of aliphatic hydroxyl groups excluding tert-OH is 3. The molecule has 4 atom stereocenters. The van der Waals surface area contributed by atoms with E-state index in [9.17, 15) is 20.1 Å². The Morgan fingerprint density at radius 2 is 1.94 bits per heavy atom. The maximum absolute atomic E-state index is 11.3. The fourth-order valence-electron chi connectivity index (χ4n) is 1.62. The van der Waals surface area contributed by atoms with Gasteiger partial charge in [0.05, 0.1) is 6.61 Å². The van der Waals surface area contributed by atoms with Crippen molar-refractivity contribution < 1.29 is 113 Å². The normalized spacial score (nSPS) is 30.7. The van der Waals surface area contributed by atoms with E-state index in [4.69, 9.17) is 4.74 Å². The van der Waals surface area contributed by atoms with E-state index in [0.29, 0.717) is 0 Å². The number of rotatable bonds is 3. The molecular weight excluding hydrogens is 668 g/mol. The molecule has 1 fully saturated rings. The molecule has 0 aromatic carbocycles. The molecule has 0 bridgehead atoms. The summed E-state index contributed by atoms with van der Waals surface area (Å²) in [4.78, 5) is 12.6. The topological polar surface area (TPSA) is 90.2 Å². The molecular formula is C10H17Ac2NO5. The molecule has 1 amide bonds. The quantitative estimate of drug-likeness (QED) is 0.314. The van der Waals surface area contributed by atoms with E-state index in [1.165, 1.54) is 17.9 Å². The maximum Gasteiger partial charge on any atom is 0.221 e. The molecule has 0 spiro atoms. The Morgan fingerprint density at radius 3 is 2.39 bits per heavy atom. The fourth-order valence-corrected chi connectivity index (χ4v) is 1.62. The van der Waals surface area contributed by atoms with Gasteiger partial charge in [0.2, 0.25) is 5.91 Å². The molecule has 6 nitrogen and oxygen atoms in total. The van der Waals surface area contributed by atoms with Gasteiger partial charge in [0, 0.05) is 102 Å². The van der Waals surface area contributed by atoms with Gasteiger partial charge in [0.25, 0.3) is 0 Å². The summed E-state index contributed by atoms with van der Waals surface area (Å²) in [6.07, 6.45) is -3.23. The van der Waals surface area contributed by atoms with Gasteiger partial charge in [0.15, 0.2) is 6.23 Å². The molecule has 1 heterocycles. The molecule has 1 aliphatic rings. The van der Waals surface area contributed by atoms with Gasteiger partial charge in [-0.3, -0.25) is 4.79 Å². The van der Waals surface area contributed by atoms with E-state index >= 15 is 0 Å². The van der Waals surface area contributed by atoms with Crippen LogP contribution in [0.25, 0.3) is 0 Å². The Kier molecular flexibility index (Phi) is 13.1. The second-order valence-electron chi connectivity index (χ2n) is 3.73. The van der Waals surface area contributed by atoms with Gasteiger partial charge in [0.1, 0.15) is 18.3 Å². The molecule has 1 aliphatic heterocycles. The van der Waals surface area contributed by atoms with Gasteiger partial charge >= 0.3 is 0 Å². The molecule has 0 saturated carbocycles. The number of aliphatic hydroxyl groups is 3. The van der Waals surface area contributed by atoms with E-state index in [2.05, 4.69) is 6.58 Å². The van der Waals surface area contributed by atoms with Crippen molar-refractivity contribution in [3.63, 3.8) is 0 Å². The summed E-state index contributed by atoms with van der Waals surface area (Å²) < 4.78 is 5.15. The minimum atomic E-state index is -1.33. The summed E-state index contributed by atoms with van der Waals surface area (Å²) >= 11 is 0. The molecule has 8 heteroatoms. The number of hydrogen-bond donors (Lipinski definition) is 3. The Bertz CT molecular complexity index is 279. The van der Waals surface area contributed by atoms with Crippen molar-refractivity contribution >= 4 is 5.91 Å². The van der Waals surface area contributed by atoms with E-state index in [1.54, 1.807) is 0 Å². The van der Waals surface area contributed by atoms with Crippen LogP contribution >= 0.6 is 0 Å². The fraction of sp³-hybridized carbons (Fsp3) is 0.700. The minimum Gasteiger partial charge on any atom is -0.388 e. The zero-order chi connectivity index (χ0) is 12.3. The van der Waals surface area contributed by atoms with Crippen molar-refractivity contribution in [1.82, 2.24) is 4.90 Å². The molecule has 4 unspecified atom stereocenters. The molecule has 1 rings (SSSR count). The van der Waals surface area contributed by atoms with Crippen LogP contribution < -0.4 is 0 Å². The van der Waals surface area contributed by atoms with Crippen LogP contribution in [0.1, 0.15) is 6.92 Å². The average molecular weight is 685 g/mol.